The van der Waals surface area contributed by atoms with Crippen LogP contribution in [0.25, 0.3) is 16.9 Å². The van der Waals surface area contributed by atoms with E-state index in [0.717, 1.165) is 10.8 Å². The van der Waals surface area contributed by atoms with Gasteiger partial charge in [-0.1, -0.05) is 12.1 Å². The minimum Gasteiger partial charge on any atom is -0.327 e. The molecule has 0 unspecified atom stereocenters. The number of halogens is 2. The highest BCUT2D eigenvalue weighted by atomic mass is 32.2. The monoisotopic (exact) mass is 421 g/mol. The summed E-state index contributed by atoms with van der Waals surface area (Å²) in [5.41, 5.74) is 5.72. The van der Waals surface area contributed by atoms with Crippen LogP contribution in [-0.4, -0.2) is 41.0 Å². The third-order valence-electron chi connectivity index (χ3n) is 4.22. The highest BCUT2D eigenvalue weighted by Gasteiger charge is 2.16. The molecule has 0 fully saturated rings. The number of pyridine rings is 1. The first-order valence-electron chi connectivity index (χ1n) is 8.37. The summed E-state index contributed by atoms with van der Waals surface area (Å²) in [5.74, 6) is 0.222. The third-order valence-corrected chi connectivity index (χ3v) is 5.35. The summed E-state index contributed by atoms with van der Waals surface area (Å²) in [6, 6.07) is 9.46. The Balaban J connectivity index is 2.02. The van der Waals surface area contributed by atoms with Gasteiger partial charge in [0.2, 0.25) is 0 Å². The summed E-state index contributed by atoms with van der Waals surface area (Å²) in [6.07, 6.45) is 0.339. The number of sulfone groups is 1. The van der Waals surface area contributed by atoms with Gasteiger partial charge in [-0.15, -0.1) is 0 Å². The van der Waals surface area contributed by atoms with E-state index in [1.807, 2.05) is 0 Å². The van der Waals surface area contributed by atoms with Gasteiger partial charge in [-0.3, -0.25) is 0 Å². The summed E-state index contributed by atoms with van der Waals surface area (Å²) in [5, 5.41) is 6.03. The van der Waals surface area contributed by atoms with E-state index in [2.05, 4.69) is 15.2 Å². The lowest BCUT2D eigenvalue weighted by Gasteiger charge is -2.08. The fourth-order valence-corrected chi connectivity index (χ4v) is 3.34. The molecule has 0 bridgehead atoms. The van der Waals surface area contributed by atoms with Crippen molar-refractivity contribution in [1.82, 2.24) is 19.7 Å². The first-order valence-corrected chi connectivity index (χ1v) is 10.3. The molecule has 0 spiro atoms. The topological polar surface area (TPSA) is 124 Å². The Morgan fingerprint density at radius 1 is 1.17 bits per heavy atom. The molecule has 2 heterocycles. The Hall–Kier alpha value is -3.18. The zero-order valence-corrected chi connectivity index (χ0v) is 16.1. The van der Waals surface area contributed by atoms with Gasteiger partial charge in [-0.25, -0.2) is 27.9 Å². The van der Waals surface area contributed by atoms with Crippen LogP contribution in [0.5, 0.6) is 0 Å². The Kier molecular flexibility index (Phi) is 5.71. The van der Waals surface area contributed by atoms with Crippen LogP contribution in [0.4, 0.5) is 8.78 Å². The number of nitrogens with zero attached hydrogens (tertiary/aromatic N) is 3. The van der Waals surface area contributed by atoms with E-state index in [1.165, 1.54) is 18.3 Å². The lowest BCUT2D eigenvalue weighted by molar-refractivity contribution is 0.407. The largest absolute Gasteiger partial charge is 0.349 e. The van der Waals surface area contributed by atoms with E-state index in [4.69, 9.17) is 5.73 Å². The maximum atomic E-state index is 12.9. The zero-order chi connectivity index (χ0) is 21.2. The van der Waals surface area contributed by atoms with E-state index in [9.17, 15) is 22.0 Å². The normalized spacial score (nSPS) is 11.4. The minimum atomic E-state index is -3.32. The Morgan fingerprint density at radius 2 is 1.86 bits per heavy atom. The van der Waals surface area contributed by atoms with Crippen molar-refractivity contribution in [3.8, 4) is 16.9 Å². The molecule has 0 radical (unpaired) electrons. The Labute approximate surface area is 164 Å². The predicted octanol–water partition coefficient (Wildman–Crippen LogP) is 1.68. The van der Waals surface area contributed by atoms with Crippen LogP contribution in [0.2, 0.25) is 0 Å². The molecular formula is C18H17F2N5O3S. The second-order valence-corrected chi connectivity index (χ2v) is 8.24. The van der Waals surface area contributed by atoms with E-state index in [0.29, 0.717) is 11.1 Å². The van der Waals surface area contributed by atoms with E-state index in [-0.39, 0.29) is 35.1 Å². The Bertz CT molecular complexity index is 1230. The lowest BCUT2D eigenvalue weighted by Crippen LogP contribution is -2.19. The summed E-state index contributed by atoms with van der Waals surface area (Å²) in [4.78, 5) is 16.5. The average molecular weight is 421 g/mol. The number of aromatic amines is 1. The number of nitrogens with two attached hydrogens (primary N) is 1. The van der Waals surface area contributed by atoms with Crippen molar-refractivity contribution in [1.29, 1.82) is 0 Å². The van der Waals surface area contributed by atoms with Crippen LogP contribution in [0, 0.1) is 0 Å². The van der Waals surface area contributed by atoms with Crippen LogP contribution in [0.1, 0.15) is 5.82 Å². The van der Waals surface area contributed by atoms with Gasteiger partial charge in [0.15, 0.2) is 9.84 Å². The molecule has 152 valence electrons. The molecule has 0 aliphatic rings. The maximum absolute atomic E-state index is 12.9. The van der Waals surface area contributed by atoms with Crippen LogP contribution in [-0.2, 0) is 16.3 Å². The fourth-order valence-electron chi connectivity index (χ4n) is 2.71. The van der Waals surface area contributed by atoms with Gasteiger partial charge >= 0.3 is 5.69 Å². The van der Waals surface area contributed by atoms with Crippen molar-refractivity contribution in [2.75, 3.05) is 12.8 Å². The second kappa shape index (κ2) is 8.05. The van der Waals surface area contributed by atoms with Gasteiger partial charge in [0.05, 0.1) is 4.90 Å². The first kappa shape index (κ1) is 20.6. The van der Waals surface area contributed by atoms with Crippen LogP contribution >= 0.6 is 0 Å². The Morgan fingerprint density at radius 3 is 2.45 bits per heavy atom. The number of hydrogen-bond acceptors (Lipinski definition) is 6. The van der Waals surface area contributed by atoms with E-state index < -0.39 is 21.6 Å². The minimum absolute atomic E-state index is 0.0420. The predicted molar refractivity (Wildman–Crippen MR) is 103 cm³/mol. The molecule has 0 amide bonds. The second-order valence-electron chi connectivity index (χ2n) is 6.22. The standard InChI is InChI=1S/C18H17F2N5O3S/c1-29(27,28)14-4-2-11(3-5-14)12-6-7-22-15(8-12)25-16(23-24-18(25)26)9-13(10-21)17(19)20/h2-8H,9-10,21H2,1H3,(H,24,26). The van der Waals surface area contributed by atoms with Gasteiger partial charge in [0, 0.05) is 31.0 Å². The molecule has 0 aliphatic heterocycles. The number of rotatable bonds is 6. The summed E-state index contributed by atoms with van der Waals surface area (Å²) >= 11 is 0. The molecule has 11 heteroatoms. The smallest absolute Gasteiger partial charge is 0.327 e. The van der Waals surface area contributed by atoms with Gasteiger partial charge < -0.3 is 5.73 Å². The molecule has 3 rings (SSSR count). The number of hydrogen-bond donors (Lipinski definition) is 2. The summed E-state index contributed by atoms with van der Waals surface area (Å²) in [6.45, 7) is -0.371. The van der Waals surface area contributed by atoms with E-state index >= 15 is 0 Å². The SMILES string of the molecule is CS(=O)(=O)c1ccc(-c2ccnc(-n3c(CC(CN)=C(F)F)n[nH]c3=O)c2)cc1. The van der Waals surface area contributed by atoms with Crippen LogP contribution in [0.15, 0.2) is 63.9 Å². The molecule has 2 aromatic heterocycles. The van der Waals surface area contributed by atoms with Crippen molar-refractivity contribution in [3.63, 3.8) is 0 Å². The molecule has 0 saturated carbocycles. The highest BCUT2D eigenvalue weighted by Crippen LogP contribution is 2.23. The quantitative estimate of drug-likeness (QED) is 0.624. The van der Waals surface area contributed by atoms with Gasteiger partial charge in [0.1, 0.15) is 11.6 Å². The molecule has 0 saturated heterocycles. The number of H-pyrrole nitrogens is 1. The molecule has 29 heavy (non-hydrogen) atoms. The van der Waals surface area contributed by atoms with Crippen LogP contribution < -0.4 is 11.4 Å². The van der Waals surface area contributed by atoms with Gasteiger partial charge in [-0.05, 0) is 35.4 Å². The van der Waals surface area contributed by atoms with Gasteiger partial charge in [-0.2, -0.15) is 13.9 Å². The number of aromatic nitrogens is 4. The van der Waals surface area contributed by atoms with E-state index in [1.54, 1.807) is 24.3 Å². The third kappa shape index (κ3) is 4.46. The van der Waals surface area contributed by atoms with Crippen molar-refractivity contribution >= 4 is 9.84 Å². The zero-order valence-electron chi connectivity index (χ0n) is 15.3. The highest BCUT2D eigenvalue weighted by molar-refractivity contribution is 7.90. The summed E-state index contributed by atoms with van der Waals surface area (Å²) in [7, 11) is -3.32. The van der Waals surface area contributed by atoms with Crippen molar-refractivity contribution in [2.24, 2.45) is 5.73 Å². The van der Waals surface area contributed by atoms with Crippen molar-refractivity contribution in [2.45, 2.75) is 11.3 Å². The molecular weight excluding hydrogens is 404 g/mol. The lowest BCUT2D eigenvalue weighted by atomic mass is 10.1. The number of benzene rings is 1. The average Bonchev–Trinajstić information content (AvgIpc) is 3.05. The molecule has 3 N–H and O–H groups in total. The van der Waals surface area contributed by atoms with Crippen LogP contribution in [0.3, 0.4) is 0 Å². The molecule has 0 atom stereocenters. The fraction of sp³-hybridized carbons (Fsp3) is 0.167. The van der Waals surface area contributed by atoms with Crippen molar-refractivity contribution < 1.29 is 17.2 Å². The molecule has 0 aliphatic carbocycles. The molecule has 1 aromatic carbocycles. The first-order chi connectivity index (χ1) is 13.7. The number of nitrogens with one attached hydrogen (secondary N) is 1. The molecule has 3 aromatic rings. The summed E-state index contributed by atoms with van der Waals surface area (Å²) < 4.78 is 50.2. The molecule has 8 nitrogen and oxygen atoms in total. The van der Waals surface area contributed by atoms with Gasteiger partial charge in [0.25, 0.3) is 6.08 Å². The maximum Gasteiger partial charge on any atom is 0.349 e. The van der Waals surface area contributed by atoms with Crippen molar-refractivity contribution in [3.05, 3.63) is 70.6 Å².